The summed E-state index contributed by atoms with van der Waals surface area (Å²) in [6.07, 6.45) is 0.563. The fourth-order valence-electron chi connectivity index (χ4n) is 4.14. The van der Waals surface area contributed by atoms with Crippen LogP contribution in [0, 0.1) is 0 Å². The van der Waals surface area contributed by atoms with Crippen molar-refractivity contribution in [2.24, 2.45) is 0 Å². The molecule has 0 radical (unpaired) electrons. The molecule has 0 saturated heterocycles. The lowest BCUT2D eigenvalue weighted by molar-refractivity contribution is 0.0665. The summed E-state index contributed by atoms with van der Waals surface area (Å²) in [5.74, 6) is 1.70. The number of fused-ring (bicyclic) bond motifs is 5. The lowest BCUT2D eigenvalue weighted by Crippen LogP contribution is -2.32. The number of Topliss-reactive ketones (excluding diaryl/α,β-unsaturated/α-hetero) is 1. The van der Waals surface area contributed by atoms with Gasteiger partial charge in [0.2, 0.25) is 6.79 Å². The number of nitrogens with zero attached hydrogens (tertiary/aromatic N) is 1. The number of ether oxygens (including phenoxy) is 4. The van der Waals surface area contributed by atoms with Crippen LogP contribution in [-0.2, 0) is 6.42 Å². The van der Waals surface area contributed by atoms with Crippen LogP contribution >= 0.6 is 0 Å². The molecule has 1 atom stereocenters. The third-order valence-electron chi connectivity index (χ3n) is 5.39. The van der Waals surface area contributed by atoms with Crippen molar-refractivity contribution in [3.63, 3.8) is 0 Å². The maximum atomic E-state index is 13.4. The summed E-state index contributed by atoms with van der Waals surface area (Å²) in [5.41, 5.74) is 2.49. The van der Waals surface area contributed by atoms with Crippen molar-refractivity contribution >= 4 is 11.7 Å². The molecular formula is C20H17NO6. The number of ketones is 1. The summed E-state index contributed by atoms with van der Waals surface area (Å²) in [5, 5.41) is 0. The highest BCUT2D eigenvalue weighted by atomic mass is 16.7. The number of amides is 1. The van der Waals surface area contributed by atoms with Crippen LogP contribution < -0.4 is 18.9 Å². The molecule has 2 aromatic carbocycles. The van der Waals surface area contributed by atoms with E-state index in [1.54, 1.807) is 23.1 Å². The Kier molecular flexibility index (Phi) is 3.34. The fraction of sp³-hybridized carbons (Fsp3) is 0.300. The Bertz CT molecular complexity index is 998. The second kappa shape index (κ2) is 5.64. The summed E-state index contributed by atoms with van der Waals surface area (Å²) in [7, 11) is 3.01. The Morgan fingerprint density at radius 3 is 2.59 bits per heavy atom. The van der Waals surface area contributed by atoms with Crippen LogP contribution in [0.25, 0.3) is 0 Å². The molecule has 0 fully saturated rings. The first kappa shape index (κ1) is 16.0. The van der Waals surface area contributed by atoms with E-state index in [4.69, 9.17) is 18.9 Å². The number of rotatable bonds is 2. The summed E-state index contributed by atoms with van der Waals surface area (Å²) in [6.45, 7) is 0.586. The predicted octanol–water partition coefficient (Wildman–Crippen LogP) is 2.37. The Balaban J connectivity index is 1.67. The lowest BCUT2D eigenvalue weighted by atomic mass is 9.93. The third kappa shape index (κ3) is 2.08. The molecule has 7 nitrogen and oxygen atoms in total. The fourth-order valence-corrected chi connectivity index (χ4v) is 4.14. The van der Waals surface area contributed by atoms with Gasteiger partial charge in [-0.1, -0.05) is 6.07 Å². The van der Waals surface area contributed by atoms with Crippen LogP contribution in [0.1, 0.15) is 37.9 Å². The average molecular weight is 367 g/mol. The molecule has 1 amide bonds. The van der Waals surface area contributed by atoms with Crippen molar-refractivity contribution in [1.82, 2.24) is 4.90 Å². The van der Waals surface area contributed by atoms with Gasteiger partial charge in [0.05, 0.1) is 19.8 Å². The smallest absolute Gasteiger partial charge is 0.259 e. The Morgan fingerprint density at radius 2 is 1.85 bits per heavy atom. The molecule has 0 saturated carbocycles. The standard InChI is InChI=1S/C20H17NO6/c1-24-13-4-3-11-16(19(13)25-2)20(23)21-6-5-10-7-14-15(27-9-26-14)8-12(10)18(22)17(11)21/h3-4,7-8,17H,5-6,9H2,1-2H3. The van der Waals surface area contributed by atoms with E-state index in [2.05, 4.69) is 0 Å². The lowest BCUT2D eigenvalue weighted by Gasteiger charge is -2.21. The number of carbonyl (C=O) groups is 2. The van der Waals surface area contributed by atoms with E-state index >= 15 is 0 Å². The minimum atomic E-state index is -0.672. The molecule has 0 N–H and O–H groups in total. The van der Waals surface area contributed by atoms with Gasteiger partial charge in [0.15, 0.2) is 28.8 Å². The molecule has 0 bridgehead atoms. The minimum Gasteiger partial charge on any atom is -0.493 e. The van der Waals surface area contributed by atoms with Crippen molar-refractivity contribution in [2.75, 3.05) is 27.6 Å². The first-order chi connectivity index (χ1) is 13.1. The third-order valence-corrected chi connectivity index (χ3v) is 5.39. The van der Waals surface area contributed by atoms with Crippen molar-refractivity contribution in [3.8, 4) is 23.0 Å². The molecule has 0 aliphatic carbocycles. The molecule has 0 aromatic heterocycles. The number of hydrogen-bond acceptors (Lipinski definition) is 6. The van der Waals surface area contributed by atoms with E-state index < -0.39 is 6.04 Å². The predicted molar refractivity (Wildman–Crippen MR) is 93.9 cm³/mol. The highest BCUT2D eigenvalue weighted by Gasteiger charge is 2.46. The topological polar surface area (TPSA) is 74.3 Å². The molecule has 3 aliphatic rings. The minimum absolute atomic E-state index is 0.125. The SMILES string of the molecule is COc1ccc2c(c1OC)C(=O)N1CCc3cc4c(cc3C(=O)C21)OCO4. The first-order valence-electron chi connectivity index (χ1n) is 8.66. The molecule has 1 unspecified atom stereocenters. The van der Waals surface area contributed by atoms with Gasteiger partial charge in [-0.05, 0) is 35.7 Å². The van der Waals surface area contributed by atoms with Crippen molar-refractivity contribution in [3.05, 3.63) is 46.5 Å². The molecule has 7 heteroatoms. The van der Waals surface area contributed by atoms with Gasteiger partial charge in [-0.3, -0.25) is 9.59 Å². The van der Waals surface area contributed by atoms with E-state index in [0.29, 0.717) is 52.7 Å². The van der Waals surface area contributed by atoms with Crippen LogP contribution in [0.2, 0.25) is 0 Å². The maximum Gasteiger partial charge on any atom is 0.259 e. The van der Waals surface area contributed by atoms with Crippen LogP contribution in [0.3, 0.4) is 0 Å². The zero-order valence-electron chi connectivity index (χ0n) is 14.9. The molecule has 3 aliphatic heterocycles. The number of benzene rings is 2. The van der Waals surface area contributed by atoms with Gasteiger partial charge in [-0.25, -0.2) is 0 Å². The van der Waals surface area contributed by atoms with Gasteiger partial charge in [-0.15, -0.1) is 0 Å². The van der Waals surface area contributed by atoms with E-state index in [-0.39, 0.29) is 18.5 Å². The Labute approximate surface area is 155 Å². The Morgan fingerprint density at radius 1 is 1.07 bits per heavy atom. The van der Waals surface area contributed by atoms with Gasteiger partial charge in [-0.2, -0.15) is 0 Å². The molecule has 0 spiro atoms. The van der Waals surface area contributed by atoms with Gasteiger partial charge in [0.1, 0.15) is 6.04 Å². The highest BCUT2D eigenvalue weighted by Crippen LogP contribution is 2.47. The normalized spacial score (nSPS) is 19.3. The number of methoxy groups -OCH3 is 2. The van der Waals surface area contributed by atoms with Gasteiger partial charge >= 0.3 is 0 Å². The monoisotopic (exact) mass is 367 g/mol. The molecule has 5 rings (SSSR count). The van der Waals surface area contributed by atoms with Gasteiger partial charge in [0, 0.05) is 12.1 Å². The molecule has 3 heterocycles. The second-order valence-corrected chi connectivity index (χ2v) is 6.64. The van der Waals surface area contributed by atoms with Crippen LogP contribution in [-0.4, -0.2) is 44.1 Å². The summed E-state index contributed by atoms with van der Waals surface area (Å²) in [6, 6.07) is 6.40. The van der Waals surface area contributed by atoms with Crippen molar-refractivity contribution in [1.29, 1.82) is 0 Å². The van der Waals surface area contributed by atoms with E-state index in [1.165, 1.54) is 14.2 Å². The molecule has 138 valence electrons. The summed E-state index contributed by atoms with van der Waals surface area (Å²) >= 11 is 0. The average Bonchev–Trinajstić information content (AvgIpc) is 3.22. The van der Waals surface area contributed by atoms with Gasteiger partial charge in [0.25, 0.3) is 5.91 Å². The zero-order valence-corrected chi connectivity index (χ0v) is 14.9. The van der Waals surface area contributed by atoms with Crippen molar-refractivity contribution < 1.29 is 28.5 Å². The molecule has 27 heavy (non-hydrogen) atoms. The van der Waals surface area contributed by atoms with Crippen LogP contribution in [0.15, 0.2) is 24.3 Å². The number of hydrogen-bond donors (Lipinski definition) is 0. The highest BCUT2D eigenvalue weighted by molar-refractivity contribution is 6.12. The molecular weight excluding hydrogens is 350 g/mol. The van der Waals surface area contributed by atoms with E-state index in [1.807, 2.05) is 6.07 Å². The van der Waals surface area contributed by atoms with E-state index in [0.717, 1.165) is 5.56 Å². The van der Waals surface area contributed by atoms with Gasteiger partial charge < -0.3 is 23.8 Å². The summed E-state index contributed by atoms with van der Waals surface area (Å²) < 4.78 is 21.6. The maximum absolute atomic E-state index is 13.4. The molecule has 2 aromatic rings. The summed E-state index contributed by atoms with van der Waals surface area (Å²) in [4.78, 5) is 28.1. The first-order valence-corrected chi connectivity index (χ1v) is 8.66. The quantitative estimate of drug-likeness (QED) is 0.811. The Hall–Kier alpha value is -3.22. The second-order valence-electron chi connectivity index (χ2n) is 6.64. The van der Waals surface area contributed by atoms with Crippen LogP contribution in [0.4, 0.5) is 0 Å². The number of carbonyl (C=O) groups excluding carboxylic acids is 2. The zero-order chi connectivity index (χ0) is 18.7. The van der Waals surface area contributed by atoms with E-state index in [9.17, 15) is 9.59 Å². The van der Waals surface area contributed by atoms with Crippen molar-refractivity contribution in [2.45, 2.75) is 12.5 Å². The van der Waals surface area contributed by atoms with Crippen LogP contribution in [0.5, 0.6) is 23.0 Å². The largest absolute Gasteiger partial charge is 0.493 e.